The lowest BCUT2D eigenvalue weighted by Crippen LogP contribution is -2.56. The number of hydrogen-bond acceptors (Lipinski definition) is 4. The van der Waals surface area contributed by atoms with E-state index in [9.17, 15) is 14.4 Å². The average molecular weight is 423 g/mol. The van der Waals surface area contributed by atoms with Crippen molar-refractivity contribution in [3.05, 3.63) is 54.2 Å². The number of fused-ring (bicyclic) bond motifs is 1. The maximum atomic E-state index is 13.7. The fourth-order valence-corrected chi connectivity index (χ4v) is 3.61. The Hall–Kier alpha value is -3.22. The molecule has 1 aromatic heterocycles. The zero-order chi connectivity index (χ0) is 22.5. The first kappa shape index (κ1) is 22.5. The molecule has 2 N–H and O–H groups in total. The predicted molar refractivity (Wildman–Crippen MR) is 121 cm³/mol. The van der Waals surface area contributed by atoms with E-state index in [1.54, 1.807) is 24.4 Å². The number of nitrogens with zero attached hydrogens (tertiary/aromatic N) is 2. The number of pyridine rings is 1. The summed E-state index contributed by atoms with van der Waals surface area (Å²) in [6.45, 7) is 7.53. The summed E-state index contributed by atoms with van der Waals surface area (Å²) in [5.41, 5.74) is 1.49. The average Bonchev–Trinajstić information content (AvgIpc) is 3.16. The summed E-state index contributed by atoms with van der Waals surface area (Å²) in [7, 11) is 0. The van der Waals surface area contributed by atoms with Crippen molar-refractivity contribution in [2.45, 2.75) is 52.6 Å². The van der Waals surface area contributed by atoms with Gasteiger partial charge in [0.1, 0.15) is 17.9 Å². The van der Waals surface area contributed by atoms with Crippen LogP contribution in [0.15, 0.2) is 48.7 Å². The van der Waals surface area contributed by atoms with Crippen LogP contribution in [0.4, 0.5) is 11.5 Å². The normalized spacial score (nSPS) is 17.1. The Morgan fingerprint density at radius 1 is 1.10 bits per heavy atom. The first-order valence-electron chi connectivity index (χ1n) is 10.8. The molecule has 2 aromatic rings. The minimum absolute atomic E-state index is 0.147. The standard InChI is InChI=1S/C24H30N4O3/c1-5-16(4)22(29)27-20(15(2)3)24(31)28-19(14-17-10-9-13-25-21(17)28)23(30)26-18-11-7-6-8-12-18/h6-13,15-16,19-20H,5,14H2,1-4H3,(H,26,30)(H,27,29)/t16-,19+,20+/m1/s1. The van der Waals surface area contributed by atoms with Crippen LogP contribution in [0.25, 0.3) is 0 Å². The summed E-state index contributed by atoms with van der Waals surface area (Å²) < 4.78 is 0. The minimum atomic E-state index is -0.749. The van der Waals surface area contributed by atoms with Crippen LogP contribution in [0.1, 0.15) is 39.7 Å². The summed E-state index contributed by atoms with van der Waals surface area (Å²) in [4.78, 5) is 45.2. The van der Waals surface area contributed by atoms with Crippen LogP contribution >= 0.6 is 0 Å². The van der Waals surface area contributed by atoms with Crippen LogP contribution in [-0.4, -0.2) is 34.8 Å². The topological polar surface area (TPSA) is 91.4 Å². The molecule has 7 nitrogen and oxygen atoms in total. The van der Waals surface area contributed by atoms with Gasteiger partial charge >= 0.3 is 0 Å². The summed E-state index contributed by atoms with van der Waals surface area (Å²) in [6, 6.07) is 11.3. The molecule has 2 heterocycles. The third-order valence-corrected chi connectivity index (χ3v) is 5.69. The van der Waals surface area contributed by atoms with Gasteiger partial charge in [0.15, 0.2) is 0 Å². The molecule has 3 atom stereocenters. The van der Waals surface area contributed by atoms with Crippen molar-refractivity contribution >= 4 is 29.2 Å². The summed E-state index contributed by atoms with van der Waals surface area (Å²) in [6.07, 6.45) is 2.66. The third-order valence-electron chi connectivity index (χ3n) is 5.69. The molecular weight excluding hydrogens is 392 g/mol. The number of nitrogens with one attached hydrogen (secondary N) is 2. The summed E-state index contributed by atoms with van der Waals surface area (Å²) >= 11 is 0. The third kappa shape index (κ3) is 4.93. The van der Waals surface area contributed by atoms with E-state index < -0.39 is 12.1 Å². The first-order chi connectivity index (χ1) is 14.8. The number of benzene rings is 1. The molecule has 0 bridgehead atoms. The summed E-state index contributed by atoms with van der Waals surface area (Å²) in [5.74, 6) is -0.642. The van der Waals surface area contributed by atoms with Gasteiger partial charge in [-0.25, -0.2) is 4.98 Å². The highest BCUT2D eigenvalue weighted by Gasteiger charge is 2.43. The first-order valence-corrected chi connectivity index (χ1v) is 10.8. The van der Waals surface area contributed by atoms with Gasteiger partial charge in [0.05, 0.1) is 0 Å². The molecule has 1 aliphatic rings. The van der Waals surface area contributed by atoms with E-state index in [1.165, 1.54) is 4.90 Å². The van der Waals surface area contributed by atoms with Crippen LogP contribution in [0, 0.1) is 11.8 Å². The van der Waals surface area contributed by atoms with Crippen molar-refractivity contribution in [3.63, 3.8) is 0 Å². The SMILES string of the molecule is CC[C@@H](C)C(=O)N[C@H](C(=O)N1c2ncccc2C[C@H]1C(=O)Nc1ccccc1)C(C)C. The Labute approximate surface area is 183 Å². The molecule has 1 aromatic carbocycles. The quantitative estimate of drug-likeness (QED) is 0.717. The second-order valence-electron chi connectivity index (χ2n) is 8.31. The molecule has 0 saturated heterocycles. The number of aromatic nitrogens is 1. The number of carbonyl (C=O) groups is 3. The van der Waals surface area contributed by atoms with E-state index in [1.807, 2.05) is 52.0 Å². The molecule has 3 rings (SSSR count). The lowest BCUT2D eigenvalue weighted by molar-refractivity contribution is -0.131. The lowest BCUT2D eigenvalue weighted by atomic mass is 10.00. The van der Waals surface area contributed by atoms with E-state index in [-0.39, 0.29) is 29.6 Å². The highest BCUT2D eigenvalue weighted by atomic mass is 16.2. The number of anilines is 2. The van der Waals surface area contributed by atoms with Crippen molar-refractivity contribution in [2.24, 2.45) is 11.8 Å². The Kier molecular flexibility index (Phi) is 7.05. The van der Waals surface area contributed by atoms with Crippen LogP contribution in [0.3, 0.4) is 0 Å². The number of hydrogen-bond donors (Lipinski definition) is 2. The Bertz CT molecular complexity index is 945. The largest absolute Gasteiger partial charge is 0.344 e. The van der Waals surface area contributed by atoms with Gasteiger partial charge in [0.25, 0.3) is 5.91 Å². The maximum absolute atomic E-state index is 13.7. The molecule has 0 fully saturated rings. The van der Waals surface area contributed by atoms with E-state index in [0.717, 1.165) is 5.56 Å². The van der Waals surface area contributed by atoms with Gasteiger partial charge in [-0.15, -0.1) is 0 Å². The number of rotatable bonds is 7. The maximum Gasteiger partial charge on any atom is 0.251 e. The monoisotopic (exact) mass is 422 g/mol. The predicted octanol–water partition coefficient (Wildman–Crippen LogP) is 3.16. The van der Waals surface area contributed by atoms with Gasteiger partial charge < -0.3 is 10.6 Å². The molecule has 1 aliphatic heterocycles. The van der Waals surface area contributed by atoms with E-state index >= 15 is 0 Å². The van der Waals surface area contributed by atoms with Gasteiger partial charge in [-0.05, 0) is 36.1 Å². The van der Waals surface area contributed by atoms with Crippen molar-refractivity contribution in [3.8, 4) is 0 Å². The molecule has 164 valence electrons. The molecule has 0 unspecified atom stereocenters. The second-order valence-corrected chi connectivity index (χ2v) is 8.31. The van der Waals surface area contributed by atoms with Gasteiger partial charge in [0.2, 0.25) is 11.8 Å². The van der Waals surface area contributed by atoms with Gasteiger partial charge in [-0.2, -0.15) is 0 Å². The van der Waals surface area contributed by atoms with Crippen LogP contribution in [0.5, 0.6) is 0 Å². The fraction of sp³-hybridized carbons (Fsp3) is 0.417. The zero-order valence-corrected chi connectivity index (χ0v) is 18.5. The number of carbonyl (C=O) groups excluding carboxylic acids is 3. The van der Waals surface area contributed by atoms with Crippen molar-refractivity contribution in [1.29, 1.82) is 0 Å². The van der Waals surface area contributed by atoms with E-state index in [0.29, 0.717) is 24.3 Å². The molecule has 0 aliphatic carbocycles. The zero-order valence-electron chi connectivity index (χ0n) is 18.5. The van der Waals surface area contributed by atoms with E-state index in [2.05, 4.69) is 15.6 Å². The Morgan fingerprint density at radius 2 is 1.81 bits per heavy atom. The molecule has 0 saturated carbocycles. The van der Waals surface area contributed by atoms with E-state index in [4.69, 9.17) is 0 Å². The van der Waals surface area contributed by atoms with Gasteiger partial charge in [-0.3, -0.25) is 19.3 Å². The minimum Gasteiger partial charge on any atom is -0.344 e. The molecule has 3 amide bonds. The van der Waals surface area contributed by atoms with Crippen LogP contribution in [-0.2, 0) is 20.8 Å². The van der Waals surface area contributed by atoms with Gasteiger partial charge in [-0.1, -0.05) is 52.0 Å². The molecular formula is C24H30N4O3. The van der Waals surface area contributed by atoms with Crippen LogP contribution < -0.4 is 15.5 Å². The smallest absolute Gasteiger partial charge is 0.251 e. The molecule has 0 spiro atoms. The lowest BCUT2D eigenvalue weighted by Gasteiger charge is -2.31. The van der Waals surface area contributed by atoms with Gasteiger partial charge in [0, 0.05) is 24.2 Å². The summed E-state index contributed by atoms with van der Waals surface area (Å²) in [5, 5.41) is 5.79. The molecule has 7 heteroatoms. The van der Waals surface area contributed by atoms with Crippen molar-refractivity contribution < 1.29 is 14.4 Å². The molecule has 0 radical (unpaired) electrons. The molecule has 31 heavy (non-hydrogen) atoms. The Balaban J connectivity index is 1.90. The number of para-hydroxylation sites is 1. The second kappa shape index (κ2) is 9.73. The Morgan fingerprint density at radius 3 is 2.45 bits per heavy atom. The highest BCUT2D eigenvalue weighted by molar-refractivity contribution is 6.09. The number of amides is 3. The highest BCUT2D eigenvalue weighted by Crippen LogP contribution is 2.32. The fourth-order valence-electron chi connectivity index (χ4n) is 3.61. The van der Waals surface area contributed by atoms with Crippen molar-refractivity contribution in [2.75, 3.05) is 10.2 Å². The van der Waals surface area contributed by atoms with Crippen LogP contribution in [0.2, 0.25) is 0 Å². The van der Waals surface area contributed by atoms with Crippen molar-refractivity contribution in [1.82, 2.24) is 10.3 Å².